The number of H-pyrrole nitrogens is 1. The molecule has 0 bridgehead atoms. The van der Waals surface area contributed by atoms with Crippen LogP contribution < -0.4 is 24.3 Å². The van der Waals surface area contributed by atoms with Gasteiger partial charge in [-0.15, -0.1) is 0 Å². The largest absolute Gasteiger partial charge is 0.497 e. The molecule has 29 heavy (non-hydrogen) atoms. The summed E-state index contributed by atoms with van der Waals surface area (Å²) in [6, 6.07) is 11.5. The number of fused-ring (bicyclic) bond motifs is 2. The van der Waals surface area contributed by atoms with Crippen LogP contribution in [0, 0.1) is 0 Å². The van der Waals surface area contributed by atoms with Crippen LogP contribution in [0.4, 0.5) is 5.82 Å². The number of aromatic amines is 1. The number of methoxy groups -OCH3 is 2. The number of hydrogen-bond acceptors (Lipinski definition) is 6. The number of ether oxygens (including phenoxy) is 4. The molecule has 1 atom stereocenters. The van der Waals surface area contributed by atoms with Crippen LogP contribution in [0.1, 0.15) is 23.5 Å². The molecule has 2 aromatic carbocycles. The molecule has 2 aliphatic heterocycles. The highest BCUT2D eigenvalue weighted by molar-refractivity contribution is 5.96. The van der Waals surface area contributed by atoms with Gasteiger partial charge in [-0.25, -0.2) is 0 Å². The van der Waals surface area contributed by atoms with E-state index in [1.807, 2.05) is 36.4 Å². The Morgan fingerprint density at radius 2 is 1.93 bits per heavy atom. The van der Waals surface area contributed by atoms with E-state index in [1.54, 1.807) is 14.2 Å². The van der Waals surface area contributed by atoms with Crippen LogP contribution in [0.5, 0.6) is 23.0 Å². The van der Waals surface area contributed by atoms with Crippen LogP contribution in [0.3, 0.4) is 0 Å². The average Bonchev–Trinajstić information content (AvgIpc) is 3.39. The van der Waals surface area contributed by atoms with Gasteiger partial charge in [-0.2, -0.15) is 5.10 Å². The Hall–Kier alpha value is -3.68. The Labute approximate surface area is 166 Å². The lowest BCUT2D eigenvalue weighted by molar-refractivity contribution is -0.116. The molecule has 1 amide bonds. The van der Waals surface area contributed by atoms with Gasteiger partial charge in [0.1, 0.15) is 5.75 Å². The van der Waals surface area contributed by atoms with Crippen molar-refractivity contribution in [2.45, 2.75) is 12.3 Å². The molecule has 0 aliphatic carbocycles. The number of aromatic nitrogens is 2. The number of carbonyl (C=O) groups is 1. The second kappa shape index (κ2) is 6.73. The first-order chi connectivity index (χ1) is 14.2. The molecule has 0 saturated heterocycles. The number of benzene rings is 2. The fourth-order valence-corrected chi connectivity index (χ4v) is 3.87. The summed E-state index contributed by atoms with van der Waals surface area (Å²) in [5, 5.41) is 10.3. The SMILES string of the molecule is COc1ccc(-c2[nH]nc3c2C(c2cc(OC)c4c(c2)OCO4)CC(=O)N3)cc1. The molecule has 148 valence electrons. The molecular formula is C21H19N3O5. The quantitative estimate of drug-likeness (QED) is 0.706. The maximum atomic E-state index is 12.4. The van der Waals surface area contributed by atoms with E-state index in [2.05, 4.69) is 15.5 Å². The summed E-state index contributed by atoms with van der Waals surface area (Å²) < 4.78 is 21.8. The van der Waals surface area contributed by atoms with Crippen LogP contribution >= 0.6 is 0 Å². The van der Waals surface area contributed by atoms with E-state index in [0.717, 1.165) is 28.1 Å². The van der Waals surface area contributed by atoms with Crippen molar-refractivity contribution >= 4 is 11.7 Å². The second-order valence-corrected chi connectivity index (χ2v) is 6.85. The molecule has 0 radical (unpaired) electrons. The van der Waals surface area contributed by atoms with Gasteiger partial charge in [0.05, 0.1) is 19.9 Å². The van der Waals surface area contributed by atoms with Crippen molar-refractivity contribution in [3.8, 4) is 34.3 Å². The van der Waals surface area contributed by atoms with Gasteiger partial charge >= 0.3 is 0 Å². The van der Waals surface area contributed by atoms with Crippen molar-refractivity contribution in [2.24, 2.45) is 0 Å². The standard InChI is InChI=1S/C21H19N3O5/c1-26-13-5-3-11(4-6-13)19-18-14(9-17(25)22-21(18)24-23-19)12-7-15(27-2)20-16(8-12)28-10-29-20/h3-8,14H,9-10H2,1-2H3,(H2,22,23,24,25). The number of rotatable bonds is 4. The van der Waals surface area contributed by atoms with E-state index in [0.29, 0.717) is 29.5 Å². The lowest BCUT2D eigenvalue weighted by Gasteiger charge is -2.24. The van der Waals surface area contributed by atoms with Gasteiger partial charge in [0, 0.05) is 23.5 Å². The first kappa shape index (κ1) is 17.4. The molecule has 0 fully saturated rings. The van der Waals surface area contributed by atoms with Crippen molar-refractivity contribution < 1.29 is 23.7 Å². The molecule has 8 heteroatoms. The monoisotopic (exact) mass is 393 g/mol. The van der Waals surface area contributed by atoms with Crippen molar-refractivity contribution in [1.29, 1.82) is 0 Å². The maximum absolute atomic E-state index is 12.4. The molecule has 0 spiro atoms. The minimum atomic E-state index is -0.210. The minimum absolute atomic E-state index is 0.0908. The molecule has 0 saturated carbocycles. The van der Waals surface area contributed by atoms with E-state index in [1.165, 1.54) is 0 Å². The number of nitrogens with one attached hydrogen (secondary N) is 2. The smallest absolute Gasteiger partial charge is 0.231 e. The molecule has 1 aromatic heterocycles. The summed E-state index contributed by atoms with van der Waals surface area (Å²) in [5.74, 6) is 2.78. The average molecular weight is 393 g/mol. The van der Waals surface area contributed by atoms with Crippen molar-refractivity contribution in [2.75, 3.05) is 26.3 Å². The van der Waals surface area contributed by atoms with E-state index in [9.17, 15) is 4.79 Å². The van der Waals surface area contributed by atoms with Gasteiger partial charge in [-0.05, 0) is 42.0 Å². The first-order valence-corrected chi connectivity index (χ1v) is 9.18. The fraction of sp³-hybridized carbons (Fsp3) is 0.238. The molecule has 2 aliphatic rings. The fourth-order valence-electron chi connectivity index (χ4n) is 3.87. The van der Waals surface area contributed by atoms with Crippen molar-refractivity contribution in [3.63, 3.8) is 0 Å². The van der Waals surface area contributed by atoms with E-state index >= 15 is 0 Å². The Morgan fingerprint density at radius 1 is 1.10 bits per heavy atom. The van der Waals surface area contributed by atoms with Gasteiger partial charge in [-0.1, -0.05) is 0 Å². The third-order valence-corrected chi connectivity index (χ3v) is 5.26. The summed E-state index contributed by atoms with van der Waals surface area (Å²) in [7, 11) is 3.21. The number of hydrogen-bond donors (Lipinski definition) is 2. The highest BCUT2D eigenvalue weighted by atomic mass is 16.7. The van der Waals surface area contributed by atoms with Gasteiger partial charge in [0.2, 0.25) is 18.4 Å². The minimum Gasteiger partial charge on any atom is -0.497 e. The van der Waals surface area contributed by atoms with E-state index < -0.39 is 0 Å². The normalized spacial score (nSPS) is 16.9. The number of anilines is 1. The topological polar surface area (TPSA) is 94.7 Å². The molecule has 2 N–H and O–H groups in total. The molecule has 5 rings (SSSR count). The molecule has 3 aromatic rings. The van der Waals surface area contributed by atoms with E-state index in [4.69, 9.17) is 18.9 Å². The summed E-state index contributed by atoms with van der Waals surface area (Å²) in [5.41, 5.74) is 3.63. The molecular weight excluding hydrogens is 374 g/mol. The third kappa shape index (κ3) is 2.84. The highest BCUT2D eigenvalue weighted by Gasteiger charge is 2.34. The Kier molecular flexibility index (Phi) is 4.04. The Bertz CT molecular complexity index is 1090. The zero-order chi connectivity index (χ0) is 20.0. The van der Waals surface area contributed by atoms with Crippen LogP contribution in [0.2, 0.25) is 0 Å². The second-order valence-electron chi connectivity index (χ2n) is 6.85. The lowest BCUT2D eigenvalue weighted by atomic mass is 9.84. The van der Waals surface area contributed by atoms with Crippen LogP contribution in [0.25, 0.3) is 11.3 Å². The summed E-state index contributed by atoms with van der Waals surface area (Å²) >= 11 is 0. The highest BCUT2D eigenvalue weighted by Crippen LogP contribution is 2.48. The van der Waals surface area contributed by atoms with E-state index in [-0.39, 0.29) is 18.6 Å². The zero-order valence-electron chi connectivity index (χ0n) is 15.9. The Morgan fingerprint density at radius 3 is 2.69 bits per heavy atom. The molecule has 3 heterocycles. The summed E-state index contributed by atoms with van der Waals surface area (Å²) in [6.07, 6.45) is 0.290. The summed E-state index contributed by atoms with van der Waals surface area (Å²) in [6.45, 7) is 0.147. The van der Waals surface area contributed by atoms with Gasteiger partial charge in [0.25, 0.3) is 0 Å². The van der Waals surface area contributed by atoms with Crippen molar-refractivity contribution in [1.82, 2.24) is 10.2 Å². The number of amides is 1. The third-order valence-electron chi connectivity index (χ3n) is 5.26. The summed E-state index contributed by atoms with van der Waals surface area (Å²) in [4.78, 5) is 12.4. The van der Waals surface area contributed by atoms with Gasteiger partial charge < -0.3 is 24.3 Å². The van der Waals surface area contributed by atoms with Crippen molar-refractivity contribution in [3.05, 3.63) is 47.5 Å². The van der Waals surface area contributed by atoms with Crippen LogP contribution in [-0.2, 0) is 4.79 Å². The predicted octanol–water partition coefficient (Wildman–Crippen LogP) is 3.30. The Balaban J connectivity index is 1.63. The number of carbonyl (C=O) groups excluding carboxylic acids is 1. The molecule has 1 unspecified atom stereocenters. The van der Waals surface area contributed by atoms with Gasteiger partial charge in [0.15, 0.2) is 17.3 Å². The van der Waals surface area contributed by atoms with Crippen LogP contribution in [-0.4, -0.2) is 37.1 Å². The molecule has 8 nitrogen and oxygen atoms in total. The zero-order valence-corrected chi connectivity index (χ0v) is 15.9. The predicted molar refractivity (Wildman–Crippen MR) is 105 cm³/mol. The van der Waals surface area contributed by atoms with Crippen LogP contribution in [0.15, 0.2) is 36.4 Å². The first-order valence-electron chi connectivity index (χ1n) is 9.18. The number of nitrogens with zero attached hydrogens (tertiary/aromatic N) is 1. The lowest BCUT2D eigenvalue weighted by Crippen LogP contribution is -2.23. The van der Waals surface area contributed by atoms with Gasteiger partial charge in [-0.3, -0.25) is 9.89 Å². The maximum Gasteiger partial charge on any atom is 0.231 e.